The van der Waals surface area contributed by atoms with E-state index in [4.69, 9.17) is 0 Å². The second-order valence-corrected chi connectivity index (χ2v) is 10.7. The lowest BCUT2D eigenvalue weighted by Gasteiger charge is -2.18. The molecule has 0 atom stereocenters. The fourth-order valence-corrected chi connectivity index (χ4v) is 4.61. The van der Waals surface area contributed by atoms with E-state index < -0.39 is 8.07 Å². The van der Waals surface area contributed by atoms with Crippen LogP contribution in [0.4, 0.5) is 0 Å². The summed E-state index contributed by atoms with van der Waals surface area (Å²) in [5.74, 6) is 0.299. The summed E-state index contributed by atoms with van der Waals surface area (Å²) >= 11 is 0. The molecule has 22 heavy (non-hydrogen) atoms. The molecule has 0 saturated heterocycles. The van der Waals surface area contributed by atoms with Crippen molar-refractivity contribution >= 4 is 19.2 Å². The Bertz CT molecular complexity index is 464. The molecule has 122 valence electrons. The average Bonchev–Trinajstić information content (AvgIpc) is 2.52. The van der Waals surface area contributed by atoms with E-state index in [1.807, 2.05) is 18.7 Å². The first-order valence-corrected chi connectivity index (χ1v) is 11.6. The first-order valence-electron chi connectivity index (χ1n) is 8.52. The van der Waals surface area contributed by atoms with Gasteiger partial charge >= 0.3 is 0 Å². The zero-order chi connectivity index (χ0) is 16.4. The molecule has 1 aromatic carbocycles. The monoisotopic (exact) mass is 317 g/mol. The minimum absolute atomic E-state index is 0.299. The van der Waals surface area contributed by atoms with Gasteiger partial charge in [-0.2, -0.15) is 0 Å². The summed E-state index contributed by atoms with van der Waals surface area (Å²) in [6, 6.07) is 10.8. The van der Waals surface area contributed by atoms with Gasteiger partial charge < -0.3 is 4.90 Å². The topological polar surface area (TPSA) is 20.3 Å². The molecule has 0 spiro atoms. The van der Waals surface area contributed by atoms with Crippen LogP contribution < -0.4 is 5.19 Å². The second-order valence-electron chi connectivity index (χ2n) is 6.30. The highest BCUT2D eigenvalue weighted by atomic mass is 28.3. The maximum Gasteiger partial charge on any atom is 0.222 e. The van der Waals surface area contributed by atoms with Gasteiger partial charge in [0.1, 0.15) is 8.07 Å². The Labute approximate surface area is 137 Å². The Kier molecular flexibility index (Phi) is 8.18. The van der Waals surface area contributed by atoms with Crippen LogP contribution in [-0.2, 0) is 4.79 Å². The highest BCUT2D eigenvalue weighted by molar-refractivity contribution is 6.93. The van der Waals surface area contributed by atoms with Crippen molar-refractivity contribution in [1.29, 1.82) is 0 Å². The highest BCUT2D eigenvalue weighted by Gasteiger charge is 2.18. The summed E-state index contributed by atoms with van der Waals surface area (Å²) in [5.41, 5.74) is 2.43. The van der Waals surface area contributed by atoms with Gasteiger partial charge in [0.05, 0.1) is 0 Å². The van der Waals surface area contributed by atoms with Crippen LogP contribution in [0, 0.1) is 0 Å². The van der Waals surface area contributed by atoms with Gasteiger partial charge in [-0.1, -0.05) is 60.4 Å². The van der Waals surface area contributed by atoms with Crippen LogP contribution in [0.3, 0.4) is 0 Å². The molecule has 0 aromatic heterocycles. The van der Waals surface area contributed by atoms with Crippen molar-refractivity contribution in [2.75, 3.05) is 13.1 Å². The van der Waals surface area contributed by atoms with Gasteiger partial charge in [0.2, 0.25) is 5.91 Å². The van der Waals surface area contributed by atoms with Crippen molar-refractivity contribution in [1.82, 2.24) is 4.90 Å². The number of nitrogens with zero attached hydrogens (tertiary/aromatic N) is 1. The van der Waals surface area contributed by atoms with Gasteiger partial charge in [0.25, 0.3) is 0 Å². The smallest absolute Gasteiger partial charge is 0.222 e. The zero-order valence-corrected chi connectivity index (χ0v) is 15.6. The Hall–Kier alpha value is -1.35. The predicted octanol–water partition coefficient (Wildman–Crippen LogP) is 4.13. The minimum Gasteiger partial charge on any atom is -0.343 e. The zero-order valence-electron chi connectivity index (χ0n) is 14.6. The van der Waals surface area contributed by atoms with E-state index in [0.29, 0.717) is 12.3 Å². The molecule has 0 unspecified atom stereocenters. The maximum absolute atomic E-state index is 11.9. The molecule has 0 aliphatic rings. The van der Waals surface area contributed by atoms with Gasteiger partial charge in [0, 0.05) is 19.5 Å². The minimum atomic E-state index is -1.45. The van der Waals surface area contributed by atoms with Crippen LogP contribution in [-0.4, -0.2) is 32.0 Å². The fraction of sp³-hybridized carbons (Fsp3) is 0.526. The second kappa shape index (κ2) is 9.62. The molecule has 0 aliphatic carbocycles. The molecule has 1 rings (SSSR count). The molecular formula is C19H31NOSi. The third kappa shape index (κ3) is 6.18. The number of carbonyl (C=O) groups is 1. The quantitative estimate of drug-likeness (QED) is 0.495. The molecule has 1 aromatic rings. The summed E-state index contributed by atoms with van der Waals surface area (Å²) in [6.45, 7) is 10.5. The van der Waals surface area contributed by atoms with Crippen molar-refractivity contribution in [2.45, 2.75) is 52.6 Å². The van der Waals surface area contributed by atoms with Crippen LogP contribution in [0.2, 0.25) is 13.1 Å². The molecule has 2 nitrogen and oxygen atoms in total. The number of benzene rings is 1. The third-order valence-corrected chi connectivity index (χ3v) is 7.07. The van der Waals surface area contributed by atoms with Crippen molar-refractivity contribution < 1.29 is 4.79 Å². The standard InChI is InChI=1S/C19H31NOSi/c1-5-20(6-2)19(21)16-12-7-8-13-17-22(3,4)18-14-10-9-11-15-18/h9-11,13-15,17H,5-8,12,16H2,1-4H3/b17-13+. The van der Waals surface area contributed by atoms with Crippen molar-refractivity contribution in [2.24, 2.45) is 0 Å². The fourth-order valence-electron chi connectivity index (χ4n) is 2.61. The predicted molar refractivity (Wildman–Crippen MR) is 99.1 cm³/mol. The lowest BCUT2D eigenvalue weighted by molar-refractivity contribution is -0.130. The van der Waals surface area contributed by atoms with Crippen LogP contribution in [0.1, 0.15) is 39.5 Å². The number of amides is 1. The van der Waals surface area contributed by atoms with Gasteiger partial charge in [-0.3, -0.25) is 4.79 Å². The molecule has 0 radical (unpaired) electrons. The van der Waals surface area contributed by atoms with E-state index in [-0.39, 0.29) is 0 Å². The SMILES string of the molecule is CCN(CC)C(=O)CCCC/C=C/[Si](C)(C)c1ccccc1. The first-order chi connectivity index (χ1) is 10.5. The Balaban J connectivity index is 2.31. The lowest BCUT2D eigenvalue weighted by atomic mass is 10.2. The number of carbonyl (C=O) groups excluding carboxylic acids is 1. The maximum atomic E-state index is 11.9. The third-order valence-electron chi connectivity index (χ3n) is 4.18. The molecular weight excluding hydrogens is 286 g/mol. The van der Waals surface area contributed by atoms with Crippen molar-refractivity contribution in [3.8, 4) is 0 Å². The molecule has 0 heterocycles. The summed E-state index contributed by atoms with van der Waals surface area (Å²) in [5, 5.41) is 1.47. The van der Waals surface area contributed by atoms with Gasteiger partial charge in [-0.15, -0.1) is 0 Å². The molecule has 0 fully saturated rings. The Morgan fingerprint density at radius 1 is 1.09 bits per heavy atom. The molecule has 1 amide bonds. The van der Waals surface area contributed by atoms with Gasteiger partial charge in [0.15, 0.2) is 0 Å². The number of hydrogen-bond acceptors (Lipinski definition) is 1. The number of hydrogen-bond donors (Lipinski definition) is 0. The summed E-state index contributed by atoms with van der Waals surface area (Å²) in [4.78, 5) is 13.8. The molecule has 0 saturated carbocycles. The molecule has 0 aliphatic heterocycles. The lowest BCUT2D eigenvalue weighted by Crippen LogP contribution is -2.39. The summed E-state index contributed by atoms with van der Waals surface area (Å²) in [7, 11) is -1.45. The van der Waals surface area contributed by atoms with Crippen molar-refractivity contribution in [3.63, 3.8) is 0 Å². The van der Waals surface area contributed by atoms with Crippen LogP contribution in [0.5, 0.6) is 0 Å². The Morgan fingerprint density at radius 3 is 2.32 bits per heavy atom. The molecule has 3 heteroatoms. The van der Waals surface area contributed by atoms with Crippen LogP contribution in [0.15, 0.2) is 42.1 Å². The number of allylic oxidation sites excluding steroid dienone is 1. The average molecular weight is 318 g/mol. The van der Waals surface area contributed by atoms with Crippen LogP contribution >= 0.6 is 0 Å². The number of rotatable bonds is 9. The molecule has 0 N–H and O–H groups in total. The Morgan fingerprint density at radius 2 is 1.73 bits per heavy atom. The normalized spacial score (nSPS) is 11.8. The van der Waals surface area contributed by atoms with E-state index in [1.165, 1.54) is 5.19 Å². The molecule has 0 bridgehead atoms. The van der Waals surface area contributed by atoms with Gasteiger partial charge in [-0.05, 0) is 33.1 Å². The highest BCUT2D eigenvalue weighted by Crippen LogP contribution is 2.08. The van der Waals surface area contributed by atoms with E-state index in [1.54, 1.807) is 0 Å². The van der Waals surface area contributed by atoms with E-state index in [2.05, 4.69) is 55.2 Å². The summed E-state index contributed by atoms with van der Waals surface area (Å²) in [6.07, 6.45) is 6.18. The number of unbranched alkanes of at least 4 members (excludes halogenated alkanes) is 2. The van der Waals surface area contributed by atoms with Crippen molar-refractivity contribution in [3.05, 3.63) is 42.1 Å². The van der Waals surface area contributed by atoms with E-state index in [0.717, 1.165) is 32.4 Å². The van der Waals surface area contributed by atoms with E-state index in [9.17, 15) is 4.79 Å². The largest absolute Gasteiger partial charge is 0.343 e. The van der Waals surface area contributed by atoms with Gasteiger partial charge in [-0.25, -0.2) is 0 Å². The van der Waals surface area contributed by atoms with Crippen LogP contribution in [0.25, 0.3) is 0 Å². The van der Waals surface area contributed by atoms with E-state index >= 15 is 0 Å². The first kappa shape index (κ1) is 18.7. The summed E-state index contributed by atoms with van der Waals surface area (Å²) < 4.78 is 0.